The van der Waals surface area contributed by atoms with Gasteiger partial charge in [0.1, 0.15) is 5.82 Å². The highest BCUT2D eigenvalue weighted by molar-refractivity contribution is 5.28. The highest BCUT2D eigenvalue weighted by Crippen LogP contribution is 2.46. The van der Waals surface area contributed by atoms with Crippen molar-refractivity contribution in [2.45, 2.75) is 49.9 Å². The minimum absolute atomic E-state index is 0.256. The van der Waals surface area contributed by atoms with E-state index in [0.29, 0.717) is 24.4 Å². The molecule has 0 saturated carbocycles. The Balaban J connectivity index is 1.51. The van der Waals surface area contributed by atoms with Gasteiger partial charge in [-0.05, 0) is 31.7 Å². The lowest BCUT2D eigenvalue weighted by molar-refractivity contribution is -0.0616. The van der Waals surface area contributed by atoms with E-state index >= 15 is 0 Å². The van der Waals surface area contributed by atoms with Crippen molar-refractivity contribution in [3.8, 4) is 0 Å². The van der Waals surface area contributed by atoms with Crippen LogP contribution in [0.1, 0.15) is 36.8 Å². The highest BCUT2D eigenvalue weighted by atomic mass is 19.1. The molecule has 2 bridgehead atoms. The summed E-state index contributed by atoms with van der Waals surface area (Å²) < 4.78 is 14.2. The summed E-state index contributed by atoms with van der Waals surface area (Å²) >= 11 is 0. The Kier molecular flexibility index (Phi) is 4.40. The Morgan fingerprint density at radius 2 is 1.77 bits per heavy atom. The van der Waals surface area contributed by atoms with Gasteiger partial charge in [-0.1, -0.05) is 18.2 Å². The number of anilines is 1. The third-order valence-electron chi connectivity index (χ3n) is 5.75. The lowest BCUT2D eigenvalue weighted by Gasteiger charge is -2.44. The molecule has 0 amide bonds. The minimum Gasteiger partial charge on any atom is -0.385 e. The van der Waals surface area contributed by atoms with Crippen molar-refractivity contribution in [2.75, 3.05) is 19.0 Å². The Bertz CT molecular complexity index is 766. The van der Waals surface area contributed by atoms with Crippen LogP contribution in [0.4, 0.5) is 10.3 Å². The Morgan fingerprint density at radius 1 is 1.15 bits per heavy atom. The molecule has 2 unspecified atom stereocenters. The Labute approximate surface area is 153 Å². The van der Waals surface area contributed by atoms with Crippen molar-refractivity contribution >= 4 is 5.95 Å². The van der Waals surface area contributed by atoms with Gasteiger partial charge in [0.15, 0.2) is 0 Å². The molecule has 138 valence electrons. The molecular formula is C20H25FN4O. The van der Waals surface area contributed by atoms with Crippen molar-refractivity contribution in [2.24, 2.45) is 0 Å². The van der Waals surface area contributed by atoms with Crippen molar-refractivity contribution in [1.29, 1.82) is 0 Å². The molecule has 1 N–H and O–H groups in total. The number of hydrogen-bond donors (Lipinski definition) is 1. The van der Waals surface area contributed by atoms with Gasteiger partial charge < -0.3 is 10.0 Å². The quantitative estimate of drug-likeness (QED) is 0.913. The summed E-state index contributed by atoms with van der Waals surface area (Å²) in [5, 5.41) is 11.2. The molecule has 2 fully saturated rings. The molecule has 0 aliphatic carbocycles. The predicted octanol–water partition coefficient (Wildman–Crippen LogP) is 2.70. The third-order valence-corrected chi connectivity index (χ3v) is 5.75. The van der Waals surface area contributed by atoms with Crippen LogP contribution in [0.5, 0.6) is 0 Å². The van der Waals surface area contributed by atoms with Crippen LogP contribution >= 0.6 is 0 Å². The zero-order valence-electron chi connectivity index (χ0n) is 15.3. The SMILES string of the molecule is CN(C)c1ncc(CN2C3CCC2CC(O)(c2ccccc2F)C3)cn1. The molecule has 3 heterocycles. The normalized spacial score (nSPS) is 28.3. The standard InChI is InChI=1S/C20H25FN4O/c1-24(2)19-22-11-14(12-23-19)13-25-15-7-8-16(25)10-20(26,9-15)17-5-3-4-6-18(17)21/h3-6,11-12,15-16,26H,7-10,13H2,1-2H3. The molecule has 1 aromatic heterocycles. The molecule has 2 saturated heterocycles. The molecule has 5 nitrogen and oxygen atoms in total. The molecule has 0 spiro atoms. The van der Waals surface area contributed by atoms with E-state index in [1.165, 1.54) is 6.07 Å². The van der Waals surface area contributed by atoms with Gasteiger partial charge in [0.05, 0.1) is 5.60 Å². The van der Waals surface area contributed by atoms with E-state index in [-0.39, 0.29) is 17.9 Å². The van der Waals surface area contributed by atoms with E-state index in [9.17, 15) is 9.50 Å². The third kappa shape index (κ3) is 3.08. The maximum Gasteiger partial charge on any atom is 0.224 e. The lowest BCUT2D eigenvalue weighted by Crippen LogP contribution is -2.49. The summed E-state index contributed by atoms with van der Waals surface area (Å²) in [7, 11) is 3.84. The summed E-state index contributed by atoms with van der Waals surface area (Å²) in [5.74, 6) is 0.389. The maximum atomic E-state index is 14.2. The van der Waals surface area contributed by atoms with Crippen LogP contribution in [0, 0.1) is 5.82 Å². The van der Waals surface area contributed by atoms with Crippen LogP contribution in [-0.4, -0.2) is 46.2 Å². The predicted molar refractivity (Wildman–Crippen MR) is 98.2 cm³/mol. The number of halogens is 1. The van der Waals surface area contributed by atoms with Gasteiger partial charge in [0.25, 0.3) is 0 Å². The number of rotatable bonds is 4. The lowest BCUT2D eigenvalue weighted by atomic mass is 9.80. The molecule has 2 aromatic rings. The zero-order chi connectivity index (χ0) is 18.3. The van der Waals surface area contributed by atoms with Gasteiger partial charge in [-0.3, -0.25) is 4.90 Å². The minimum atomic E-state index is -1.07. The summed E-state index contributed by atoms with van der Waals surface area (Å²) in [4.78, 5) is 13.1. The Hall–Kier alpha value is -2.05. The fourth-order valence-corrected chi connectivity index (χ4v) is 4.50. The van der Waals surface area contributed by atoms with Crippen LogP contribution < -0.4 is 4.90 Å². The molecule has 2 aliphatic rings. The van der Waals surface area contributed by atoms with E-state index in [1.807, 2.05) is 31.4 Å². The van der Waals surface area contributed by atoms with Crippen LogP contribution in [0.3, 0.4) is 0 Å². The van der Waals surface area contributed by atoms with Crippen LogP contribution in [0.2, 0.25) is 0 Å². The number of benzene rings is 1. The molecule has 1 aromatic carbocycles. The molecule has 4 rings (SSSR count). The Morgan fingerprint density at radius 3 is 2.35 bits per heavy atom. The summed E-state index contributed by atoms with van der Waals surface area (Å²) in [5.41, 5.74) is 0.443. The highest BCUT2D eigenvalue weighted by Gasteiger charge is 2.48. The zero-order valence-corrected chi connectivity index (χ0v) is 15.3. The number of piperidine rings is 1. The number of hydrogen-bond acceptors (Lipinski definition) is 5. The first-order chi connectivity index (χ1) is 12.5. The molecule has 26 heavy (non-hydrogen) atoms. The van der Waals surface area contributed by atoms with Crippen LogP contribution in [0.25, 0.3) is 0 Å². The molecule has 2 atom stereocenters. The van der Waals surface area contributed by atoms with Crippen molar-refractivity contribution in [1.82, 2.24) is 14.9 Å². The van der Waals surface area contributed by atoms with Crippen LogP contribution in [0.15, 0.2) is 36.7 Å². The number of nitrogens with zero attached hydrogens (tertiary/aromatic N) is 4. The van der Waals surface area contributed by atoms with E-state index in [0.717, 1.165) is 24.9 Å². The van der Waals surface area contributed by atoms with Gasteiger partial charge in [-0.2, -0.15) is 0 Å². The molecule has 0 radical (unpaired) electrons. The fraction of sp³-hybridized carbons (Fsp3) is 0.500. The van der Waals surface area contributed by atoms with E-state index < -0.39 is 5.60 Å². The van der Waals surface area contributed by atoms with E-state index in [2.05, 4.69) is 14.9 Å². The van der Waals surface area contributed by atoms with Crippen molar-refractivity contribution in [3.05, 3.63) is 53.6 Å². The fourth-order valence-electron chi connectivity index (χ4n) is 4.50. The number of aromatic nitrogens is 2. The second-order valence-electron chi connectivity index (χ2n) is 7.76. The maximum absolute atomic E-state index is 14.2. The van der Waals surface area contributed by atoms with E-state index in [4.69, 9.17) is 0 Å². The van der Waals surface area contributed by atoms with Gasteiger partial charge in [-0.15, -0.1) is 0 Å². The molecular weight excluding hydrogens is 331 g/mol. The van der Waals surface area contributed by atoms with Gasteiger partial charge in [0.2, 0.25) is 5.95 Å². The second-order valence-corrected chi connectivity index (χ2v) is 7.76. The average Bonchev–Trinajstić information content (AvgIpc) is 2.86. The first-order valence-corrected chi connectivity index (χ1v) is 9.18. The summed E-state index contributed by atoms with van der Waals surface area (Å²) in [6.45, 7) is 0.774. The summed E-state index contributed by atoms with van der Waals surface area (Å²) in [6, 6.07) is 7.14. The topological polar surface area (TPSA) is 52.5 Å². The number of fused-ring (bicyclic) bond motifs is 2. The van der Waals surface area contributed by atoms with Gasteiger partial charge >= 0.3 is 0 Å². The first-order valence-electron chi connectivity index (χ1n) is 9.18. The largest absolute Gasteiger partial charge is 0.385 e. The smallest absolute Gasteiger partial charge is 0.224 e. The first kappa shape index (κ1) is 17.4. The molecule has 6 heteroatoms. The van der Waals surface area contributed by atoms with E-state index in [1.54, 1.807) is 18.2 Å². The summed E-state index contributed by atoms with van der Waals surface area (Å²) in [6.07, 6.45) is 6.97. The average molecular weight is 356 g/mol. The van der Waals surface area contributed by atoms with Gasteiger partial charge in [-0.25, -0.2) is 14.4 Å². The second kappa shape index (κ2) is 6.59. The monoisotopic (exact) mass is 356 g/mol. The molecule has 2 aliphatic heterocycles. The van der Waals surface area contributed by atoms with Crippen molar-refractivity contribution < 1.29 is 9.50 Å². The number of aliphatic hydroxyl groups is 1. The van der Waals surface area contributed by atoms with Gasteiger partial charge in [0, 0.05) is 56.2 Å². The van der Waals surface area contributed by atoms with Crippen molar-refractivity contribution in [3.63, 3.8) is 0 Å². The van der Waals surface area contributed by atoms with Crippen LogP contribution in [-0.2, 0) is 12.1 Å².